The van der Waals surface area contributed by atoms with Crippen molar-refractivity contribution in [1.82, 2.24) is 0 Å². The number of esters is 1. The van der Waals surface area contributed by atoms with Crippen molar-refractivity contribution in [1.29, 1.82) is 0 Å². The van der Waals surface area contributed by atoms with E-state index in [-0.39, 0.29) is 39.2 Å². The molecule has 0 heterocycles. The lowest BCUT2D eigenvalue weighted by Gasteiger charge is -1.91. The van der Waals surface area contributed by atoms with Crippen molar-refractivity contribution < 1.29 is 49.1 Å². The third-order valence-electron chi connectivity index (χ3n) is 1.99. The molecule has 0 radical (unpaired) electrons. The summed E-state index contributed by atoms with van der Waals surface area (Å²) in [4.78, 5) is 48.6. The van der Waals surface area contributed by atoms with E-state index in [1.165, 1.54) is 34.8 Å². The Morgan fingerprint density at radius 3 is 0.625 bits per heavy atom. The molecule has 32 heavy (non-hydrogen) atoms. The molecule has 0 unspecified atom stereocenters. The van der Waals surface area contributed by atoms with Gasteiger partial charge in [0.05, 0.1) is 7.11 Å². The Hall–Kier alpha value is -3.73. The van der Waals surface area contributed by atoms with Crippen LogP contribution in [0, 0.1) is 0 Å². The summed E-state index contributed by atoms with van der Waals surface area (Å²) in [5, 5.41) is 31.6. The fourth-order valence-corrected chi connectivity index (χ4v) is 0.174. The van der Waals surface area contributed by atoms with Crippen molar-refractivity contribution in [3.05, 3.63) is 60.8 Å². The summed E-state index contributed by atoms with van der Waals surface area (Å²) < 4.78 is 4.27. The predicted octanol–water partition coefficient (Wildman–Crippen LogP) is 1.87. The van der Waals surface area contributed by atoms with Crippen molar-refractivity contribution in [3.8, 4) is 0 Å². The highest BCUT2D eigenvalue weighted by molar-refractivity contribution is 5.87. The molecule has 0 aromatic heterocycles. The summed E-state index contributed by atoms with van der Waals surface area (Å²) in [6.07, 6.45) is 0. The van der Waals surface area contributed by atoms with Crippen LogP contribution in [0.4, 0.5) is 0 Å². The van der Waals surface area contributed by atoms with Crippen LogP contribution in [0.5, 0.6) is 0 Å². The number of hydrogen-bond donors (Lipinski definition) is 4. The standard InChI is InChI=1S/C5H8O2.4C4H6O2.H4Si/c1-4(2)5(6)7-3;4*1-3(2)4(5)6;/h1H2,2-3H3;4*1H2,2H3,(H,5,6);1H4. The number of hydrogen-bond acceptors (Lipinski definition) is 6. The second-order valence-electron chi connectivity index (χ2n) is 5.61. The van der Waals surface area contributed by atoms with Gasteiger partial charge in [-0.3, -0.25) is 0 Å². The van der Waals surface area contributed by atoms with Gasteiger partial charge in [-0.15, -0.1) is 0 Å². The molecular weight excluding hydrogens is 440 g/mol. The van der Waals surface area contributed by atoms with Gasteiger partial charge in [0.2, 0.25) is 0 Å². The molecule has 184 valence electrons. The molecule has 0 bridgehead atoms. The number of aliphatic carboxylic acids is 4. The van der Waals surface area contributed by atoms with Crippen LogP contribution in [-0.4, -0.2) is 68.3 Å². The summed E-state index contributed by atoms with van der Waals surface area (Å²) in [5.41, 5.74) is 1.14. The number of carboxylic acids is 4. The molecule has 0 fully saturated rings. The van der Waals surface area contributed by atoms with E-state index in [9.17, 15) is 24.0 Å². The first-order chi connectivity index (χ1) is 13.8. The Morgan fingerprint density at radius 1 is 0.500 bits per heavy atom. The monoisotopic (exact) mass is 476 g/mol. The largest absolute Gasteiger partial charge is 0.478 e. The van der Waals surface area contributed by atoms with Crippen LogP contribution in [0.2, 0.25) is 0 Å². The minimum atomic E-state index is -0.935. The first-order valence-electron chi connectivity index (χ1n) is 8.05. The molecule has 0 atom stereocenters. The summed E-state index contributed by atoms with van der Waals surface area (Å²) >= 11 is 0. The minimum absolute atomic E-state index is 0. The van der Waals surface area contributed by atoms with Crippen LogP contribution in [0.25, 0.3) is 0 Å². The van der Waals surface area contributed by atoms with E-state index < -0.39 is 23.9 Å². The first-order valence-corrected chi connectivity index (χ1v) is 8.05. The number of methoxy groups -OCH3 is 1. The van der Waals surface area contributed by atoms with Gasteiger partial charge in [-0.25, -0.2) is 24.0 Å². The average molecular weight is 477 g/mol. The molecule has 0 saturated heterocycles. The fourth-order valence-electron chi connectivity index (χ4n) is 0.174. The van der Waals surface area contributed by atoms with Gasteiger partial charge in [0, 0.05) is 27.9 Å². The van der Waals surface area contributed by atoms with Gasteiger partial charge in [0.25, 0.3) is 0 Å². The van der Waals surface area contributed by atoms with Gasteiger partial charge in [-0.1, -0.05) is 32.9 Å². The van der Waals surface area contributed by atoms with Crippen LogP contribution < -0.4 is 0 Å². The minimum Gasteiger partial charge on any atom is -0.478 e. The Labute approximate surface area is 192 Å². The van der Waals surface area contributed by atoms with Crippen molar-refractivity contribution in [2.75, 3.05) is 7.11 Å². The smallest absolute Gasteiger partial charge is 0.332 e. The van der Waals surface area contributed by atoms with Gasteiger partial charge in [0.15, 0.2) is 0 Å². The van der Waals surface area contributed by atoms with Gasteiger partial charge in [-0.2, -0.15) is 0 Å². The van der Waals surface area contributed by atoms with Crippen molar-refractivity contribution in [2.24, 2.45) is 0 Å². The molecule has 10 nitrogen and oxygen atoms in total. The van der Waals surface area contributed by atoms with E-state index in [1.807, 2.05) is 0 Å². The highest BCUT2D eigenvalue weighted by Crippen LogP contribution is 1.87. The van der Waals surface area contributed by atoms with Gasteiger partial charge in [-0.05, 0) is 45.6 Å². The van der Waals surface area contributed by atoms with Crippen LogP contribution in [0.3, 0.4) is 0 Å². The SMILES string of the molecule is C=C(C)C(=O)O.C=C(C)C(=O)O.C=C(C)C(=O)O.C=C(C)C(=O)O.C=C(C)C(=O)OC.[SiH4]. The summed E-state index contributed by atoms with van der Waals surface area (Å²) in [6, 6.07) is 0. The maximum atomic E-state index is 10.2. The maximum Gasteiger partial charge on any atom is 0.332 e. The molecule has 11 heteroatoms. The zero-order chi connectivity index (χ0) is 26.5. The average Bonchev–Trinajstić information content (AvgIpc) is 2.62. The summed E-state index contributed by atoms with van der Waals surface area (Å²) in [7, 11) is 1.33. The molecule has 0 rings (SSSR count). The number of rotatable bonds is 5. The lowest BCUT2D eigenvalue weighted by atomic mass is 10.4. The van der Waals surface area contributed by atoms with Gasteiger partial charge >= 0.3 is 29.8 Å². The quantitative estimate of drug-likeness (QED) is 0.260. The predicted molar refractivity (Wildman–Crippen MR) is 128 cm³/mol. The maximum absolute atomic E-state index is 10.2. The van der Waals surface area contributed by atoms with E-state index in [4.69, 9.17) is 20.4 Å². The number of ether oxygens (including phenoxy) is 1. The first kappa shape index (κ1) is 42.4. The van der Waals surface area contributed by atoms with E-state index >= 15 is 0 Å². The van der Waals surface area contributed by atoms with Crippen molar-refractivity contribution >= 4 is 40.8 Å². The van der Waals surface area contributed by atoms with Crippen molar-refractivity contribution in [3.63, 3.8) is 0 Å². The number of carbonyl (C=O) groups excluding carboxylic acids is 1. The van der Waals surface area contributed by atoms with Crippen LogP contribution >= 0.6 is 0 Å². The molecule has 0 aromatic rings. The molecule has 0 aliphatic carbocycles. The molecule has 0 aromatic carbocycles. The molecule has 0 aliphatic heterocycles. The lowest BCUT2D eigenvalue weighted by molar-refractivity contribution is -0.136. The van der Waals surface area contributed by atoms with Crippen LogP contribution in [-0.2, 0) is 28.7 Å². The lowest BCUT2D eigenvalue weighted by Crippen LogP contribution is -1.98. The molecule has 0 saturated carbocycles. The van der Waals surface area contributed by atoms with E-state index in [2.05, 4.69) is 37.6 Å². The van der Waals surface area contributed by atoms with Gasteiger partial charge < -0.3 is 25.2 Å². The molecule has 0 aliphatic rings. The van der Waals surface area contributed by atoms with E-state index in [0.29, 0.717) is 5.57 Å². The van der Waals surface area contributed by atoms with E-state index in [0.717, 1.165) is 0 Å². The molecular formula is C21H36O10Si. The Morgan fingerprint density at radius 2 is 0.625 bits per heavy atom. The van der Waals surface area contributed by atoms with Crippen LogP contribution in [0.15, 0.2) is 60.8 Å². The molecule has 4 N–H and O–H groups in total. The normalized spacial score (nSPS) is 7.31. The van der Waals surface area contributed by atoms with Gasteiger partial charge in [0.1, 0.15) is 0 Å². The highest BCUT2D eigenvalue weighted by Gasteiger charge is 1.95. The van der Waals surface area contributed by atoms with E-state index in [1.54, 1.807) is 6.92 Å². The molecule has 0 spiro atoms. The fraction of sp³-hybridized carbons (Fsp3) is 0.286. The number of carbonyl (C=O) groups is 5. The zero-order valence-electron chi connectivity index (χ0n) is 18.8. The third kappa shape index (κ3) is 50.3. The highest BCUT2D eigenvalue weighted by atomic mass is 28.1. The Bertz CT molecular complexity index is 574. The Balaban J connectivity index is -0.0000000656. The molecule has 0 amide bonds. The zero-order valence-corrected chi connectivity index (χ0v) is 18.8. The number of carboxylic acid groups (broad SMARTS) is 4. The summed E-state index contributed by atoms with van der Waals surface area (Å²) in [6.45, 7) is 23.4. The Kier molecular flexibility index (Phi) is 33.5. The van der Waals surface area contributed by atoms with Crippen molar-refractivity contribution in [2.45, 2.75) is 34.6 Å². The topological polar surface area (TPSA) is 175 Å². The second kappa shape index (κ2) is 25.3. The van der Waals surface area contributed by atoms with Crippen LogP contribution in [0.1, 0.15) is 34.6 Å². The second-order valence-corrected chi connectivity index (χ2v) is 5.61. The summed E-state index contributed by atoms with van der Waals surface area (Å²) in [5.74, 6) is -4.09. The third-order valence-corrected chi connectivity index (χ3v) is 1.99.